The Labute approximate surface area is 155 Å². The number of hydrogen-bond donors (Lipinski definition) is 1. The van der Waals surface area contributed by atoms with Crippen molar-refractivity contribution in [1.29, 1.82) is 0 Å². The number of carbonyl (C=O) groups excluding carboxylic acids is 2. The monoisotopic (exact) mass is 369 g/mol. The normalized spacial score (nSPS) is 10.9. The van der Waals surface area contributed by atoms with Crippen LogP contribution in [0.15, 0.2) is 12.1 Å². The smallest absolute Gasteiger partial charge is 0.344 e. The highest BCUT2D eigenvalue weighted by Crippen LogP contribution is 2.31. The molecule has 25 heavy (non-hydrogen) atoms. The quantitative estimate of drug-likeness (QED) is 0.668. The number of carbonyl (C=O) groups is 2. The van der Waals surface area contributed by atoms with Crippen LogP contribution in [0.1, 0.15) is 57.6 Å². The van der Waals surface area contributed by atoms with E-state index in [2.05, 4.69) is 5.32 Å². The molecule has 140 valence electrons. The Balaban J connectivity index is 2.54. The van der Waals surface area contributed by atoms with Crippen molar-refractivity contribution in [2.45, 2.75) is 59.4 Å². The van der Waals surface area contributed by atoms with Crippen LogP contribution in [0, 0.1) is 6.92 Å². The third-order valence-corrected chi connectivity index (χ3v) is 4.38. The predicted octanol–water partition coefficient (Wildman–Crippen LogP) is 4.00. The molecular weight excluding hydrogens is 342 g/mol. The molecule has 0 bridgehead atoms. The van der Waals surface area contributed by atoms with Gasteiger partial charge in [0.05, 0.1) is 0 Å². The third kappa shape index (κ3) is 6.94. The van der Waals surface area contributed by atoms with Crippen LogP contribution in [0.25, 0.3) is 0 Å². The standard InChI is InChI=1S/C19H28ClNO4/c1-6-14(7-2)21-18(22)10-25-19(23)11-24-17-8-13(5)16(20)9-15(17)12(3)4/h8-9,12,14H,6-7,10-11H2,1-5H3,(H,21,22). The molecule has 0 spiro atoms. The second-order valence-corrected chi connectivity index (χ2v) is 6.73. The van der Waals surface area contributed by atoms with Crippen molar-refractivity contribution in [2.75, 3.05) is 13.2 Å². The fraction of sp³-hybridized carbons (Fsp3) is 0.579. The van der Waals surface area contributed by atoms with Gasteiger partial charge < -0.3 is 14.8 Å². The molecule has 0 radical (unpaired) electrons. The summed E-state index contributed by atoms with van der Waals surface area (Å²) < 4.78 is 10.6. The van der Waals surface area contributed by atoms with Gasteiger partial charge in [-0.15, -0.1) is 0 Å². The van der Waals surface area contributed by atoms with E-state index in [1.54, 1.807) is 0 Å². The van der Waals surface area contributed by atoms with Crippen molar-refractivity contribution in [2.24, 2.45) is 0 Å². The molecule has 1 amide bonds. The molecule has 0 saturated heterocycles. The van der Waals surface area contributed by atoms with E-state index >= 15 is 0 Å². The largest absolute Gasteiger partial charge is 0.482 e. The third-order valence-electron chi connectivity index (χ3n) is 3.97. The van der Waals surface area contributed by atoms with Crippen LogP contribution in [-0.2, 0) is 14.3 Å². The number of rotatable bonds is 9. The van der Waals surface area contributed by atoms with Crippen LogP contribution in [0.4, 0.5) is 0 Å². The van der Waals surface area contributed by atoms with Gasteiger partial charge in [-0.25, -0.2) is 4.79 Å². The number of halogens is 1. The minimum atomic E-state index is -0.581. The second kappa shape index (κ2) is 10.3. The summed E-state index contributed by atoms with van der Waals surface area (Å²) in [7, 11) is 0. The van der Waals surface area contributed by atoms with E-state index in [1.807, 2.05) is 46.8 Å². The van der Waals surface area contributed by atoms with Crippen molar-refractivity contribution in [3.63, 3.8) is 0 Å². The highest BCUT2D eigenvalue weighted by molar-refractivity contribution is 6.31. The van der Waals surface area contributed by atoms with E-state index in [9.17, 15) is 9.59 Å². The van der Waals surface area contributed by atoms with Crippen molar-refractivity contribution in [3.8, 4) is 5.75 Å². The first-order chi connectivity index (χ1) is 11.8. The summed E-state index contributed by atoms with van der Waals surface area (Å²) in [5, 5.41) is 3.48. The zero-order valence-electron chi connectivity index (χ0n) is 15.6. The molecule has 5 nitrogen and oxygen atoms in total. The van der Waals surface area contributed by atoms with Gasteiger partial charge in [0.1, 0.15) is 5.75 Å². The van der Waals surface area contributed by atoms with Crippen molar-refractivity contribution >= 4 is 23.5 Å². The number of nitrogens with one attached hydrogen (secondary N) is 1. The lowest BCUT2D eigenvalue weighted by Gasteiger charge is -2.16. The van der Waals surface area contributed by atoms with Gasteiger partial charge in [0.2, 0.25) is 0 Å². The lowest BCUT2D eigenvalue weighted by atomic mass is 10.0. The summed E-state index contributed by atoms with van der Waals surface area (Å²) in [6.45, 7) is 9.36. The SMILES string of the molecule is CCC(CC)NC(=O)COC(=O)COc1cc(C)c(Cl)cc1C(C)C. The van der Waals surface area contributed by atoms with Crippen LogP contribution >= 0.6 is 11.6 Å². The van der Waals surface area contributed by atoms with E-state index < -0.39 is 5.97 Å². The van der Waals surface area contributed by atoms with E-state index in [4.69, 9.17) is 21.1 Å². The van der Waals surface area contributed by atoms with Crippen LogP contribution in [-0.4, -0.2) is 31.1 Å². The van der Waals surface area contributed by atoms with Gasteiger partial charge in [-0.1, -0.05) is 39.3 Å². The molecule has 6 heteroatoms. The maximum absolute atomic E-state index is 11.8. The predicted molar refractivity (Wildman–Crippen MR) is 99.2 cm³/mol. The lowest BCUT2D eigenvalue weighted by Crippen LogP contribution is -2.37. The first-order valence-corrected chi connectivity index (χ1v) is 9.04. The maximum Gasteiger partial charge on any atom is 0.344 e. The first-order valence-electron chi connectivity index (χ1n) is 8.66. The Kier molecular flexibility index (Phi) is 8.76. The molecule has 0 fully saturated rings. The average Bonchev–Trinajstić information content (AvgIpc) is 2.58. The number of amides is 1. The van der Waals surface area contributed by atoms with E-state index in [-0.39, 0.29) is 31.1 Å². The lowest BCUT2D eigenvalue weighted by molar-refractivity contribution is -0.150. The van der Waals surface area contributed by atoms with Gasteiger partial charge in [0, 0.05) is 11.1 Å². The fourth-order valence-electron chi connectivity index (χ4n) is 2.33. The molecule has 0 heterocycles. The van der Waals surface area contributed by atoms with Crippen LogP contribution in [0.2, 0.25) is 5.02 Å². The average molecular weight is 370 g/mol. The molecule has 0 aromatic heterocycles. The number of benzene rings is 1. The van der Waals surface area contributed by atoms with Gasteiger partial charge in [-0.2, -0.15) is 0 Å². The second-order valence-electron chi connectivity index (χ2n) is 6.32. The summed E-state index contributed by atoms with van der Waals surface area (Å²) in [5.41, 5.74) is 1.80. The number of aryl methyl sites for hydroxylation is 1. The molecule has 0 aliphatic heterocycles. The summed E-state index contributed by atoms with van der Waals surface area (Å²) in [5.74, 6) is -0.0699. The van der Waals surface area contributed by atoms with Gasteiger partial charge in [-0.05, 0) is 48.9 Å². The van der Waals surface area contributed by atoms with E-state index in [0.717, 1.165) is 24.0 Å². The Morgan fingerprint density at radius 3 is 2.36 bits per heavy atom. The Morgan fingerprint density at radius 2 is 1.80 bits per heavy atom. The first kappa shape index (κ1) is 21.3. The van der Waals surface area contributed by atoms with E-state index in [0.29, 0.717) is 10.8 Å². The molecule has 1 N–H and O–H groups in total. The molecule has 0 aliphatic carbocycles. The van der Waals surface area contributed by atoms with Crippen LogP contribution < -0.4 is 10.1 Å². The van der Waals surface area contributed by atoms with Crippen LogP contribution in [0.5, 0.6) is 5.75 Å². The van der Waals surface area contributed by atoms with Crippen LogP contribution in [0.3, 0.4) is 0 Å². The van der Waals surface area contributed by atoms with Gasteiger partial charge in [-0.3, -0.25) is 4.79 Å². The molecule has 1 aromatic carbocycles. The number of hydrogen-bond acceptors (Lipinski definition) is 4. The van der Waals surface area contributed by atoms with Gasteiger partial charge in [0.15, 0.2) is 13.2 Å². The molecular formula is C19H28ClNO4. The number of ether oxygens (including phenoxy) is 2. The van der Waals surface area contributed by atoms with Crippen molar-refractivity contribution in [1.82, 2.24) is 5.32 Å². The Morgan fingerprint density at radius 1 is 1.16 bits per heavy atom. The summed E-state index contributed by atoms with van der Waals surface area (Å²) >= 11 is 6.15. The zero-order chi connectivity index (χ0) is 19.0. The Bertz CT molecular complexity index is 597. The van der Waals surface area contributed by atoms with E-state index in [1.165, 1.54) is 0 Å². The summed E-state index contributed by atoms with van der Waals surface area (Å²) in [4.78, 5) is 23.6. The Hall–Kier alpha value is -1.75. The summed E-state index contributed by atoms with van der Waals surface area (Å²) in [6, 6.07) is 3.77. The number of esters is 1. The molecule has 0 unspecified atom stereocenters. The molecule has 0 atom stereocenters. The molecule has 0 saturated carbocycles. The highest BCUT2D eigenvalue weighted by Gasteiger charge is 2.15. The van der Waals surface area contributed by atoms with Crippen molar-refractivity contribution in [3.05, 3.63) is 28.3 Å². The minimum absolute atomic E-state index is 0.105. The topological polar surface area (TPSA) is 64.6 Å². The van der Waals surface area contributed by atoms with Gasteiger partial charge in [0.25, 0.3) is 5.91 Å². The fourth-order valence-corrected chi connectivity index (χ4v) is 2.51. The summed E-state index contributed by atoms with van der Waals surface area (Å²) in [6.07, 6.45) is 1.68. The molecule has 0 aliphatic rings. The molecule has 1 aromatic rings. The maximum atomic E-state index is 11.8. The van der Waals surface area contributed by atoms with Gasteiger partial charge >= 0.3 is 5.97 Å². The highest BCUT2D eigenvalue weighted by atomic mass is 35.5. The van der Waals surface area contributed by atoms with Crippen molar-refractivity contribution < 1.29 is 19.1 Å². The molecule has 1 rings (SSSR count). The minimum Gasteiger partial charge on any atom is -0.482 e. The zero-order valence-corrected chi connectivity index (χ0v) is 16.4.